The Hall–Kier alpha value is -1.03. The smallest absolute Gasteiger partial charge is 0.0713 e. The molecule has 100 valence electrons. The minimum Gasteiger partial charge on any atom is -0.380 e. The molecule has 0 fully saturated rings. The number of ether oxygens (including phenoxy) is 1. The summed E-state index contributed by atoms with van der Waals surface area (Å²) in [6.45, 7) is 1.39. The van der Waals surface area contributed by atoms with Crippen molar-refractivity contribution in [3.63, 3.8) is 0 Å². The van der Waals surface area contributed by atoms with Crippen LogP contribution in [0.5, 0.6) is 0 Å². The largest absolute Gasteiger partial charge is 0.380 e. The quantitative estimate of drug-likeness (QED) is 0.839. The van der Waals surface area contributed by atoms with Gasteiger partial charge in [-0.3, -0.25) is 0 Å². The first-order valence-electron chi connectivity index (χ1n) is 5.94. The van der Waals surface area contributed by atoms with Gasteiger partial charge < -0.3 is 10.1 Å². The molecule has 0 radical (unpaired) electrons. The second-order valence-corrected chi connectivity index (χ2v) is 5.55. The van der Waals surface area contributed by atoms with Crippen LogP contribution < -0.4 is 5.32 Å². The summed E-state index contributed by atoms with van der Waals surface area (Å²) in [4.78, 5) is 0. The number of anilines is 1. The van der Waals surface area contributed by atoms with Crippen LogP contribution in [0.25, 0.3) is 0 Å². The standard InChI is InChI=1S/C15H15BrClNO/c1-19-10-12-4-2-11(3-5-12)9-18-15-7-6-13(16)8-14(15)17/h2-8,18H,9-10H2,1H3. The highest BCUT2D eigenvalue weighted by molar-refractivity contribution is 9.10. The van der Waals surface area contributed by atoms with Gasteiger partial charge in [-0.25, -0.2) is 0 Å². The molecule has 4 heteroatoms. The Balaban J connectivity index is 1.98. The molecule has 0 bridgehead atoms. The second kappa shape index (κ2) is 6.94. The summed E-state index contributed by atoms with van der Waals surface area (Å²) >= 11 is 9.54. The molecule has 0 heterocycles. The first-order chi connectivity index (χ1) is 9.19. The molecule has 0 saturated carbocycles. The highest BCUT2D eigenvalue weighted by Gasteiger charge is 2.01. The zero-order valence-corrected chi connectivity index (χ0v) is 13.0. The van der Waals surface area contributed by atoms with Crippen molar-refractivity contribution in [3.8, 4) is 0 Å². The van der Waals surface area contributed by atoms with Gasteiger partial charge in [0.25, 0.3) is 0 Å². The first-order valence-corrected chi connectivity index (χ1v) is 7.12. The van der Waals surface area contributed by atoms with E-state index < -0.39 is 0 Å². The summed E-state index contributed by atoms with van der Waals surface area (Å²) in [6.07, 6.45) is 0. The molecule has 2 aromatic rings. The van der Waals surface area contributed by atoms with Gasteiger partial charge in [-0.05, 0) is 29.3 Å². The van der Waals surface area contributed by atoms with E-state index in [1.807, 2.05) is 18.2 Å². The van der Waals surface area contributed by atoms with E-state index in [2.05, 4.69) is 45.5 Å². The molecular formula is C15H15BrClNO. The summed E-state index contributed by atoms with van der Waals surface area (Å²) in [5, 5.41) is 4.04. The Labute approximate surface area is 126 Å². The lowest BCUT2D eigenvalue weighted by Gasteiger charge is -2.09. The number of nitrogens with one attached hydrogen (secondary N) is 1. The first kappa shape index (κ1) is 14.4. The van der Waals surface area contributed by atoms with Crippen molar-refractivity contribution in [1.82, 2.24) is 0 Å². The lowest BCUT2D eigenvalue weighted by Crippen LogP contribution is -2.00. The second-order valence-electron chi connectivity index (χ2n) is 4.23. The van der Waals surface area contributed by atoms with Crippen LogP contribution in [0.3, 0.4) is 0 Å². The summed E-state index contributed by atoms with van der Waals surface area (Å²) in [7, 11) is 1.70. The van der Waals surface area contributed by atoms with Crippen molar-refractivity contribution in [3.05, 3.63) is 63.1 Å². The maximum Gasteiger partial charge on any atom is 0.0713 e. The lowest BCUT2D eigenvalue weighted by molar-refractivity contribution is 0.185. The molecule has 1 N–H and O–H groups in total. The van der Waals surface area contributed by atoms with Crippen LogP contribution in [0.4, 0.5) is 5.69 Å². The molecule has 0 aromatic heterocycles. The summed E-state index contributed by atoms with van der Waals surface area (Å²) in [6, 6.07) is 14.1. The maximum absolute atomic E-state index is 6.15. The summed E-state index contributed by atoms with van der Waals surface area (Å²) in [5.41, 5.74) is 3.32. The van der Waals surface area contributed by atoms with E-state index >= 15 is 0 Å². The van der Waals surface area contributed by atoms with E-state index in [1.165, 1.54) is 11.1 Å². The zero-order chi connectivity index (χ0) is 13.7. The predicted molar refractivity (Wildman–Crippen MR) is 83.6 cm³/mol. The van der Waals surface area contributed by atoms with Gasteiger partial charge in [0.1, 0.15) is 0 Å². The van der Waals surface area contributed by atoms with Crippen molar-refractivity contribution in [1.29, 1.82) is 0 Å². The SMILES string of the molecule is COCc1ccc(CNc2ccc(Br)cc2Cl)cc1. The van der Waals surface area contributed by atoms with E-state index in [0.29, 0.717) is 11.6 Å². The van der Waals surface area contributed by atoms with Gasteiger partial charge in [-0.2, -0.15) is 0 Å². The Morgan fingerprint density at radius 1 is 1.11 bits per heavy atom. The fraction of sp³-hybridized carbons (Fsp3) is 0.200. The highest BCUT2D eigenvalue weighted by atomic mass is 79.9. The van der Waals surface area contributed by atoms with Crippen LogP contribution in [-0.2, 0) is 17.9 Å². The molecular weight excluding hydrogens is 326 g/mol. The molecule has 2 nitrogen and oxygen atoms in total. The molecule has 19 heavy (non-hydrogen) atoms. The molecule has 2 rings (SSSR count). The summed E-state index contributed by atoms with van der Waals surface area (Å²) < 4.78 is 6.07. The number of hydrogen-bond acceptors (Lipinski definition) is 2. The molecule has 0 atom stereocenters. The Kier molecular flexibility index (Phi) is 5.25. The Morgan fingerprint density at radius 2 is 1.79 bits per heavy atom. The number of benzene rings is 2. The van der Waals surface area contributed by atoms with Crippen molar-refractivity contribution in [2.45, 2.75) is 13.2 Å². The molecule has 0 amide bonds. The fourth-order valence-electron chi connectivity index (χ4n) is 1.75. The van der Waals surface area contributed by atoms with Gasteiger partial charge in [-0.15, -0.1) is 0 Å². The number of rotatable bonds is 5. The van der Waals surface area contributed by atoms with Crippen molar-refractivity contribution >= 4 is 33.2 Å². The van der Waals surface area contributed by atoms with Gasteiger partial charge >= 0.3 is 0 Å². The average molecular weight is 341 g/mol. The van der Waals surface area contributed by atoms with E-state index in [-0.39, 0.29) is 0 Å². The van der Waals surface area contributed by atoms with Crippen LogP contribution in [0.2, 0.25) is 5.02 Å². The van der Waals surface area contributed by atoms with Crippen molar-refractivity contribution in [2.24, 2.45) is 0 Å². The van der Waals surface area contributed by atoms with Crippen LogP contribution in [0, 0.1) is 0 Å². The lowest BCUT2D eigenvalue weighted by atomic mass is 10.1. The molecule has 0 aliphatic rings. The molecule has 0 unspecified atom stereocenters. The van der Waals surface area contributed by atoms with Crippen molar-refractivity contribution < 1.29 is 4.74 Å². The average Bonchev–Trinajstić information content (AvgIpc) is 2.40. The van der Waals surface area contributed by atoms with Gasteiger partial charge in [0.2, 0.25) is 0 Å². The molecule has 0 spiro atoms. The predicted octanol–water partition coefficient (Wildman–Crippen LogP) is 4.86. The third kappa shape index (κ3) is 4.23. The third-order valence-electron chi connectivity index (χ3n) is 2.75. The Morgan fingerprint density at radius 3 is 2.42 bits per heavy atom. The van der Waals surface area contributed by atoms with E-state index in [9.17, 15) is 0 Å². The van der Waals surface area contributed by atoms with Crippen LogP contribution in [0.1, 0.15) is 11.1 Å². The van der Waals surface area contributed by atoms with Gasteiger partial charge in [0.05, 0.1) is 17.3 Å². The summed E-state index contributed by atoms with van der Waals surface area (Å²) in [5.74, 6) is 0. The highest BCUT2D eigenvalue weighted by Crippen LogP contribution is 2.26. The van der Waals surface area contributed by atoms with Crippen molar-refractivity contribution in [2.75, 3.05) is 12.4 Å². The molecule has 2 aromatic carbocycles. The monoisotopic (exact) mass is 339 g/mol. The number of hydrogen-bond donors (Lipinski definition) is 1. The van der Waals surface area contributed by atoms with Gasteiger partial charge in [0.15, 0.2) is 0 Å². The van der Waals surface area contributed by atoms with E-state index in [0.717, 1.165) is 16.7 Å². The van der Waals surface area contributed by atoms with Crippen LogP contribution in [0.15, 0.2) is 46.9 Å². The van der Waals surface area contributed by atoms with Crippen LogP contribution >= 0.6 is 27.5 Å². The number of halogens is 2. The Bertz CT molecular complexity index is 542. The molecule has 0 saturated heterocycles. The molecule has 0 aliphatic heterocycles. The zero-order valence-electron chi connectivity index (χ0n) is 10.6. The van der Waals surface area contributed by atoms with Crippen LogP contribution in [-0.4, -0.2) is 7.11 Å². The topological polar surface area (TPSA) is 21.3 Å². The number of methoxy groups -OCH3 is 1. The van der Waals surface area contributed by atoms with Gasteiger partial charge in [-0.1, -0.05) is 51.8 Å². The third-order valence-corrected chi connectivity index (χ3v) is 3.55. The van der Waals surface area contributed by atoms with Gasteiger partial charge in [0, 0.05) is 18.1 Å². The minimum absolute atomic E-state index is 0.645. The molecule has 0 aliphatic carbocycles. The fourth-order valence-corrected chi connectivity index (χ4v) is 2.49. The van der Waals surface area contributed by atoms with E-state index in [4.69, 9.17) is 16.3 Å². The normalized spacial score (nSPS) is 10.5. The maximum atomic E-state index is 6.15. The minimum atomic E-state index is 0.645. The van der Waals surface area contributed by atoms with E-state index in [1.54, 1.807) is 7.11 Å².